The maximum Gasteiger partial charge on any atom is 0.223 e. The van der Waals surface area contributed by atoms with Crippen molar-refractivity contribution in [3.8, 4) is 0 Å². The summed E-state index contributed by atoms with van der Waals surface area (Å²) < 4.78 is 0. The summed E-state index contributed by atoms with van der Waals surface area (Å²) in [6.07, 6.45) is 4.49. The van der Waals surface area contributed by atoms with E-state index in [1.807, 2.05) is 9.80 Å². The first-order valence-electron chi connectivity index (χ1n) is 7.42. The molecule has 2 rings (SSSR count). The molecule has 5 heteroatoms. The van der Waals surface area contributed by atoms with Gasteiger partial charge in [0, 0.05) is 46.1 Å². The van der Waals surface area contributed by atoms with Gasteiger partial charge in [-0.2, -0.15) is 0 Å². The molecular formula is C14H25N3O2. The molecule has 0 aromatic rings. The van der Waals surface area contributed by atoms with E-state index in [0.29, 0.717) is 32.6 Å². The lowest BCUT2D eigenvalue weighted by Gasteiger charge is -2.35. The highest BCUT2D eigenvalue weighted by atomic mass is 16.2. The van der Waals surface area contributed by atoms with Crippen LogP contribution in [0.3, 0.4) is 0 Å². The molecule has 0 aliphatic carbocycles. The molecule has 2 aliphatic heterocycles. The fourth-order valence-corrected chi connectivity index (χ4v) is 2.87. The Balaban J connectivity index is 1.67. The van der Waals surface area contributed by atoms with Gasteiger partial charge in [0.2, 0.25) is 11.8 Å². The summed E-state index contributed by atoms with van der Waals surface area (Å²) in [5.74, 6) is 0.356. The lowest BCUT2D eigenvalue weighted by atomic mass is 10.1. The van der Waals surface area contributed by atoms with E-state index in [0.717, 1.165) is 19.6 Å². The fraction of sp³-hybridized carbons (Fsp3) is 0.857. The summed E-state index contributed by atoms with van der Waals surface area (Å²) in [4.78, 5) is 29.5. The first-order valence-corrected chi connectivity index (χ1v) is 7.42. The molecule has 0 unspecified atom stereocenters. The van der Waals surface area contributed by atoms with Gasteiger partial charge < -0.3 is 14.7 Å². The van der Waals surface area contributed by atoms with Crippen LogP contribution >= 0.6 is 0 Å². The summed E-state index contributed by atoms with van der Waals surface area (Å²) in [6, 6.07) is 0. The molecule has 0 N–H and O–H groups in total. The Bertz CT molecular complexity index is 319. The average molecular weight is 267 g/mol. The van der Waals surface area contributed by atoms with Gasteiger partial charge in [-0.25, -0.2) is 0 Å². The number of piperazine rings is 1. The molecular weight excluding hydrogens is 242 g/mol. The molecule has 19 heavy (non-hydrogen) atoms. The number of hydrogen-bond donors (Lipinski definition) is 0. The lowest BCUT2D eigenvalue weighted by Crippen LogP contribution is -2.50. The van der Waals surface area contributed by atoms with Crippen molar-refractivity contribution in [3.05, 3.63) is 0 Å². The third kappa shape index (κ3) is 4.20. The average Bonchev–Trinajstić information content (AvgIpc) is 2.46. The van der Waals surface area contributed by atoms with Crippen molar-refractivity contribution in [2.75, 3.05) is 45.8 Å². The minimum Gasteiger partial charge on any atom is -0.339 e. The largest absolute Gasteiger partial charge is 0.339 e. The van der Waals surface area contributed by atoms with Crippen LogP contribution in [0.25, 0.3) is 0 Å². The van der Waals surface area contributed by atoms with E-state index in [2.05, 4.69) is 4.90 Å². The van der Waals surface area contributed by atoms with E-state index in [9.17, 15) is 9.59 Å². The lowest BCUT2D eigenvalue weighted by molar-refractivity contribution is -0.138. The summed E-state index contributed by atoms with van der Waals surface area (Å²) in [7, 11) is 0. The van der Waals surface area contributed by atoms with Crippen LogP contribution in [0.1, 0.15) is 32.6 Å². The third-order valence-electron chi connectivity index (χ3n) is 4.17. The zero-order chi connectivity index (χ0) is 13.7. The van der Waals surface area contributed by atoms with Gasteiger partial charge in [0.15, 0.2) is 0 Å². The second-order valence-electron chi connectivity index (χ2n) is 5.54. The summed E-state index contributed by atoms with van der Waals surface area (Å²) in [5, 5.41) is 0. The predicted molar refractivity (Wildman–Crippen MR) is 73.7 cm³/mol. The highest BCUT2D eigenvalue weighted by Gasteiger charge is 2.22. The molecule has 0 saturated carbocycles. The molecule has 0 spiro atoms. The first-order chi connectivity index (χ1) is 9.16. The molecule has 0 bridgehead atoms. The highest BCUT2D eigenvalue weighted by Crippen LogP contribution is 2.10. The van der Waals surface area contributed by atoms with Gasteiger partial charge >= 0.3 is 0 Å². The molecule has 0 aromatic heterocycles. The Morgan fingerprint density at radius 1 is 0.842 bits per heavy atom. The Morgan fingerprint density at radius 2 is 1.42 bits per heavy atom. The van der Waals surface area contributed by atoms with E-state index in [1.165, 1.54) is 19.3 Å². The zero-order valence-corrected chi connectivity index (χ0v) is 11.9. The quantitative estimate of drug-likeness (QED) is 0.750. The van der Waals surface area contributed by atoms with Crippen LogP contribution in [0.5, 0.6) is 0 Å². The molecule has 2 heterocycles. The van der Waals surface area contributed by atoms with E-state index < -0.39 is 0 Å². The molecule has 5 nitrogen and oxygen atoms in total. The van der Waals surface area contributed by atoms with E-state index in [-0.39, 0.29) is 11.8 Å². The van der Waals surface area contributed by atoms with Crippen molar-refractivity contribution in [2.45, 2.75) is 32.6 Å². The van der Waals surface area contributed by atoms with E-state index >= 15 is 0 Å². The Kier molecular flexibility index (Phi) is 5.19. The Hall–Kier alpha value is -1.10. The number of carbonyl (C=O) groups excluding carboxylic acids is 2. The Labute approximate surface area is 115 Å². The first kappa shape index (κ1) is 14.3. The van der Waals surface area contributed by atoms with Gasteiger partial charge in [0.25, 0.3) is 0 Å². The van der Waals surface area contributed by atoms with Crippen molar-refractivity contribution in [2.24, 2.45) is 0 Å². The monoisotopic (exact) mass is 267 g/mol. The number of amides is 2. The van der Waals surface area contributed by atoms with Gasteiger partial charge in [-0.3, -0.25) is 9.59 Å². The second-order valence-corrected chi connectivity index (χ2v) is 5.54. The van der Waals surface area contributed by atoms with Crippen LogP contribution in [0.15, 0.2) is 0 Å². The zero-order valence-electron chi connectivity index (χ0n) is 11.9. The van der Waals surface area contributed by atoms with Gasteiger partial charge in [-0.1, -0.05) is 6.42 Å². The number of piperidine rings is 1. The molecule has 2 saturated heterocycles. The summed E-state index contributed by atoms with van der Waals surface area (Å²) in [6.45, 7) is 7.53. The second kappa shape index (κ2) is 6.89. The van der Waals surface area contributed by atoms with Crippen molar-refractivity contribution in [1.82, 2.24) is 14.7 Å². The summed E-state index contributed by atoms with van der Waals surface area (Å²) >= 11 is 0. The van der Waals surface area contributed by atoms with Crippen molar-refractivity contribution < 1.29 is 9.59 Å². The standard InChI is InChI=1S/C14H25N3O2/c1-13(18)16-9-11-17(12-10-16)14(19)5-8-15-6-3-2-4-7-15/h2-12H2,1H3. The van der Waals surface area contributed by atoms with Crippen LogP contribution in [0.4, 0.5) is 0 Å². The summed E-state index contributed by atoms with van der Waals surface area (Å²) in [5.41, 5.74) is 0. The van der Waals surface area contributed by atoms with Crippen LogP contribution in [-0.4, -0.2) is 72.3 Å². The van der Waals surface area contributed by atoms with E-state index in [1.54, 1.807) is 6.92 Å². The van der Waals surface area contributed by atoms with Gasteiger partial charge in [-0.15, -0.1) is 0 Å². The van der Waals surface area contributed by atoms with Crippen molar-refractivity contribution in [1.29, 1.82) is 0 Å². The molecule has 108 valence electrons. The number of carbonyl (C=O) groups is 2. The maximum absolute atomic E-state index is 12.1. The van der Waals surface area contributed by atoms with Crippen LogP contribution in [0.2, 0.25) is 0 Å². The van der Waals surface area contributed by atoms with Crippen molar-refractivity contribution >= 4 is 11.8 Å². The smallest absolute Gasteiger partial charge is 0.223 e. The van der Waals surface area contributed by atoms with Crippen LogP contribution < -0.4 is 0 Å². The third-order valence-corrected chi connectivity index (χ3v) is 4.17. The minimum atomic E-state index is 0.111. The number of nitrogens with zero attached hydrogens (tertiary/aromatic N) is 3. The van der Waals surface area contributed by atoms with Gasteiger partial charge in [0.1, 0.15) is 0 Å². The van der Waals surface area contributed by atoms with Crippen LogP contribution in [-0.2, 0) is 9.59 Å². The number of likely N-dealkylation sites (tertiary alicyclic amines) is 1. The predicted octanol–water partition coefficient (Wildman–Crippen LogP) is 0.553. The Morgan fingerprint density at radius 3 is 2.00 bits per heavy atom. The molecule has 2 amide bonds. The normalized spacial score (nSPS) is 21.5. The number of rotatable bonds is 3. The maximum atomic E-state index is 12.1. The molecule has 0 atom stereocenters. The number of hydrogen-bond acceptors (Lipinski definition) is 3. The fourth-order valence-electron chi connectivity index (χ4n) is 2.87. The molecule has 2 fully saturated rings. The van der Waals surface area contributed by atoms with Gasteiger partial charge in [0.05, 0.1) is 0 Å². The molecule has 0 aromatic carbocycles. The highest BCUT2D eigenvalue weighted by molar-refractivity contribution is 5.77. The molecule has 2 aliphatic rings. The van der Waals surface area contributed by atoms with Crippen LogP contribution in [0, 0.1) is 0 Å². The van der Waals surface area contributed by atoms with Crippen molar-refractivity contribution in [3.63, 3.8) is 0 Å². The molecule has 0 radical (unpaired) electrons. The topological polar surface area (TPSA) is 43.9 Å². The van der Waals surface area contributed by atoms with Gasteiger partial charge in [-0.05, 0) is 25.9 Å². The SMILES string of the molecule is CC(=O)N1CCN(C(=O)CCN2CCCCC2)CC1. The minimum absolute atomic E-state index is 0.111. The van der Waals surface area contributed by atoms with E-state index in [4.69, 9.17) is 0 Å².